The van der Waals surface area contributed by atoms with E-state index in [9.17, 15) is 0 Å². The zero-order valence-corrected chi connectivity index (χ0v) is 13.5. The van der Waals surface area contributed by atoms with Crippen LogP contribution in [0.1, 0.15) is 16.1 Å². The fourth-order valence-electron chi connectivity index (χ4n) is 2.23. The Morgan fingerprint density at radius 3 is 2.77 bits per heavy atom. The number of nitrogen functional groups attached to an aromatic ring is 1. The number of hydrogen-bond donors (Lipinski definition) is 1. The zero-order chi connectivity index (χ0) is 15.5. The van der Waals surface area contributed by atoms with Gasteiger partial charge in [0.05, 0.1) is 5.69 Å². The molecule has 0 saturated carbocycles. The molecule has 4 heteroatoms. The van der Waals surface area contributed by atoms with Gasteiger partial charge in [-0.3, -0.25) is 0 Å². The minimum Gasteiger partial charge on any atom is -0.486 e. The number of rotatable bonds is 4. The summed E-state index contributed by atoms with van der Waals surface area (Å²) in [7, 11) is 0. The Balaban J connectivity index is 1.73. The number of ether oxygens (including phenoxy) is 1. The standard InChI is InChI=1S/C18H18N2OS/c1-12-5-3-8-17(13(12)2)21-10-18-20-16(11-22-18)14-6-4-7-15(19)9-14/h3-9,11H,10,19H2,1-2H3. The lowest BCUT2D eigenvalue weighted by molar-refractivity contribution is 0.303. The third kappa shape index (κ3) is 3.12. The lowest BCUT2D eigenvalue weighted by Gasteiger charge is -2.09. The van der Waals surface area contributed by atoms with Crippen LogP contribution in [0.3, 0.4) is 0 Å². The van der Waals surface area contributed by atoms with E-state index in [-0.39, 0.29) is 0 Å². The average Bonchev–Trinajstić information content (AvgIpc) is 2.98. The largest absolute Gasteiger partial charge is 0.486 e. The van der Waals surface area contributed by atoms with Crippen molar-refractivity contribution >= 4 is 17.0 Å². The van der Waals surface area contributed by atoms with Gasteiger partial charge in [0.1, 0.15) is 17.4 Å². The monoisotopic (exact) mass is 310 g/mol. The summed E-state index contributed by atoms with van der Waals surface area (Å²) in [5.74, 6) is 0.917. The van der Waals surface area contributed by atoms with Crippen LogP contribution in [0, 0.1) is 13.8 Å². The molecule has 1 heterocycles. The topological polar surface area (TPSA) is 48.1 Å². The van der Waals surface area contributed by atoms with Crippen LogP contribution >= 0.6 is 11.3 Å². The van der Waals surface area contributed by atoms with Gasteiger partial charge in [-0.05, 0) is 43.2 Å². The molecular weight excluding hydrogens is 292 g/mol. The van der Waals surface area contributed by atoms with Crippen LogP contribution in [0.15, 0.2) is 47.8 Å². The summed E-state index contributed by atoms with van der Waals surface area (Å²) in [6.45, 7) is 4.64. The van der Waals surface area contributed by atoms with Gasteiger partial charge in [0.15, 0.2) is 0 Å². The first kappa shape index (κ1) is 14.6. The molecule has 0 atom stereocenters. The molecular formula is C18H18N2OS. The number of anilines is 1. The Bertz CT molecular complexity index is 795. The van der Waals surface area contributed by atoms with Crippen LogP contribution in [-0.4, -0.2) is 4.98 Å². The molecule has 0 aliphatic carbocycles. The van der Waals surface area contributed by atoms with Gasteiger partial charge in [-0.25, -0.2) is 4.98 Å². The summed E-state index contributed by atoms with van der Waals surface area (Å²) in [6, 6.07) is 13.9. The average molecular weight is 310 g/mol. The molecule has 0 radical (unpaired) electrons. The van der Waals surface area contributed by atoms with E-state index in [0.29, 0.717) is 6.61 Å². The van der Waals surface area contributed by atoms with Crippen LogP contribution in [0.4, 0.5) is 5.69 Å². The number of aromatic nitrogens is 1. The maximum Gasteiger partial charge on any atom is 0.140 e. The number of benzene rings is 2. The second-order valence-electron chi connectivity index (χ2n) is 5.24. The molecule has 0 spiro atoms. The number of hydrogen-bond acceptors (Lipinski definition) is 4. The van der Waals surface area contributed by atoms with E-state index >= 15 is 0 Å². The highest BCUT2D eigenvalue weighted by atomic mass is 32.1. The van der Waals surface area contributed by atoms with Crippen LogP contribution < -0.4 is 10.5 Å². The summed E-state index contributed by atoms with van der Waals surface area (Å²) in [5, 5.41) is 3.00. The molecule has 2 aromatic carbocycles. The van der Waals surface area contributed by atoms with Crippen molar-refractivity contribution in [3.63, 3.8) is 0 Å². The zero-order valence-electron chi connectivity index (χ0n) is 12.7. The number of nitrogens with two attached hydrogens (primary N) is 1. The van der Waals surface area contributed by atoms with E-state index in [1.54, 1.807) is 11.3 Å². The molecule has 3 aromatic rings. The number of thiazole rings is 1. The molecule has 0 amide bonds. The Labute approximate surface area is 134 Å². The van der Waals surface area contributed by atoms with Gasteiger partial charge in [-0.1, -0.05) is 24.3 Å². The Morgan fingerprint density at radius 1 is 1.14 bits per heavy atom. The van der Waals surface area contributed by atoms with Crippen LogP contribution in [0.25, 0.3) is 11.3 Å². The molecule has 0 bridgehead atoms. The van der Waals surface area contributed by atoms with E-state index in [1.807, 2.05) is 41.8 Å². The van der Waals surface area contributed by atoms with Gasteiger partial charge < -0.3 is 10.5 Å². The van der Waals surface area contributed by atoms with Crippen molar-refractivity contribution in [2.24, 2.45) is 0 Å². The van der Waals surface area contributed by atoms with Crippen LogP contribution in [-0.2, 0) is 6.61 Å². The fourth-order valence-corrected chi connectivity index (χ4v) is 2.94. The summed E-state index contributed by atoms with van der Waals surface area (Å²) in [4.78, 5) is 4.63. The summed E-state index contributed by atoms with van der Waals surface area (Å²) >= 11 is 1.60. The number of aryl methyl sites for hydroxylation is 1. The molecule has 2 N–H and O–H groups in total. The predicted octanol–water partition coefficient (Wildman–Crippen LogP) is 4.59. The molecule has 0 fully saturated rings. The third-order valence-electron chi connectivity index (χ3n) is 3.64. The molecule has 0 saturated heterocycles. The Hall–Kier alpha value is -2.33. The van der Waals surface area contributed by atoms with Gasteiger partial charge >= 0.3 is 0 Å². The highest BCUT2D eigenvalue weighted by molar-refractivity contribution is 7.09. The van der Waals surface area contributed by atoms with Gasteiger partial charge in [0.2, 0.25) is 0 Å². The minimum atomic E-state index is 0.483. The highest BCUT2D eigenvalue weighted by Gasteiger charge is 2.07. The quantitative estimate of drug-likeness (QED) is 0.717. The predicted molar refractivity (Wildman–Crippen MR) is 92.2 cm³/mol. The molecule has 3 rings (SSSR count). The molecule has 0 aliphatic heterocycles. The van der Waals surface area contributed by atoms with Gasteiger partial charge in [-0.2, -0.15) is 0 Å². The summed E-state index contributed by atoms with van der Waals surface area (Å²) in [5.41, 5.74) is 11.0. The van der Waals surface area contributed by atoms with E-state index < -0.39 is 0 Å². The van der Waals surface area contributed by atoms with Crippen molar-refractivity contribution in [2.75, 3.05) is 5.73 Å². The van der Waals surface area contributed by atoms with Crippen molar-refractivity contribution in [1.29, 1.82) is 0 Å². The highest BCUT2D eigenvalue weighted by Crippen LogP contribution is 2.26. The first-order valence-corrected chi connectivity index (χ1v) is 8.01. The third-order valence-corrected chi connectivity index (χ3v) is 4.46. The first-order chi connectivity index (χ1) is 10.6. The SMILES string of the molecule is Cc1cccc(OCc2nc(-c3cccc(N)c3)cs2)c1C. The normalized spacial score (nSPS) is 10.6. The van der Waals surface area contributed by atoms with E-state index in [2.05, 4.69) is 24.9 Å². The van der Waals surface area contributed by atoms with Gasteiger partial charge in [0, 0.05) is 16.6 Å². The second-order valence-corrected chi connectivity index (χ2v) is 6.18. The summed E-state index contributed by atoms with van der Waals surface area (Å²) < 4.78 is 5.90. The number of nitrogens with zero attached hydrogens (tertiary/aromatic N) is 1. The van der Waals surface area contributed by atoms with Crippen molar-refractivity contribution in [3.05, 3.63) is 64.0 Å². The molecule has 1 aromatic heterocycles. The van der Waals surface area contributed by atoms with Crippen LogP contribution in [0.5, 0.6) is 5.75 Å². The smallest absolute Gasteiger partial charge is 0.140 e. The molecule has 0 unspecified atom stereocenters. The van der Waals surface area contributed by atoms with Crippen LogP contribution in [0.2, 0.25) is 0 Å². The van der Waals surface area contributed by atoms with E-state index in [0.717, 1.165) is 27.7 Å². The summed E-state index contributed by atoms with van der Waals surface area (Å²) in [6.07, 6.45) is 0. The second kappa shape index (κ2) is 6.20. The van der Waals surface area contributed by atoms with Crippen molar-refractivity contribution < 1.29 is 4.74 Å². The Kier molecular flexibility index (Phi) is 4.11. The van der Waals surface area contributed by atoms with Crippen molar-refractivity contribution in [3.8, 4) is 17.0 Å². The van der Waals surface area contributed by atoms with Crippen molar-refractivity contribution in [1.82, 2.24) is 4.98 Å². The lowest BCUT2D eigenvalue weighted by atomic mass is 10.1. The molecule has 112 valence electrons. The van der Waals surface area contributed by atoms with Gasteiger partial charge in [0.25, 0.3) is 0 Å². The maximum atomic E-state index is 5.90. The lowest BCUT2D eigenvalue weighted by Crippen LogP contribution is -1.97. The minimum absolute atomic E-state index is 0.483. The van der Waals surface area contributed by atoms with Crippen molar-refractivity contribution in [2.45, 2.75) is 20.5 Å². The first-order valence-electron chi connectivity index (χ1n) is 7.13. The fraction of sp³-hybridized carbons (Fsp3) is 0.167. The Morgan fingerprint density at radius 2 is 1.95 bits per heavy atom. The molecule has 3 nitrogen and oxygen atoms in total. The molecule has 22 heavy (non-hydrogen) atoms. The van der Waals surface area contributed by atoms with Gasteiger partial charge in [-0.15, -0.1) is 11.3 Å². The van der Waals surface area contributed by atoms with E-state index in [1.165, 1.54) is 11.1 Å². The maximum absolute atomic E-state index is 5.90. The molecule has 0 aliphatic rings. The van der Waals surface area contributed by atoms with E-state index in [4.69, 9.17) is 10.5 Å².